The summed E-state index contributed by atoms with van der Waals surface area (Å²) in [6.07, 6.45) is 4.08. The molecule has 0 radical (unpaired) electrons. The van der Waals surface area contributed by atoms with Gasteiger partial charge in [0.1, 0.15) is 11.9 Å². The van der Waals surface area contributed by atoms with Crippen LogP contribution in [0.3, 0.4) is 0 Å². The quantitative estimate of drug-likeness (QED) is 0.118. The van der Waals surface area contributed by atoms with Gasteiger partial charge < -0.3 is 30.7 Å². The summed E-state index contributed by atoms with van der Waals surface area (Å²) in [6.45, 7) is 2.18. The standard InChI is InChI=1S/C39H40BrClFN5O4/c1-50-38-24(19-44-21-26-11-15-36(49)46-26)16-32(40)39(47-38)51-34-13-12-29-28(5-3-6-30(29)34)31-7-2-4-27(37(31)41)22-8-9-23(33(42)17-22)18-43-20-25-10-14-35(48)45-25/h2-9,16-17,25-26,34,43-44H,10-15,18-21H2,1H3,(H,45,48)(H,46,49)/t25-,26-,34-/m0/s1. The third-order valence-corrected chi connectivity index (χ3v) is 10.9. The number of rotatable bonds is 13. The van der Waals surface area contributed by atoms with Gasteiger partial charge in [-0.05, 0) is 76.0 Å². The van der Waals surface area contributed by atoms with Crippen LogP contribution in [0.1, 0.15) is 60.5 Å². The third kappa shape index (κ3) is 7.91. The second-order valence-electron chi connectivity index (χ2n) is 13.3. The van der Waals surface area contributed by atoms with Crippen LogP contribution in [0.25, 0.3) is 22.3 Å². The Bertz CT molecular complexity index is 1960. The van der Waals surface area contributed by atoms with Gasteiger partial charge in [-0.2, -0.15) is 4.98 Å². The Labute approximate surface area is 310 Å². The largest absolute Gasteiger partial charge is 0.481 e. The van der Waals surface area contributed by atoms with Crippen molar-refractivity contribution >= 4 is 39.3 Å². The van der Waals surface area contributed by atoms with E-state index in [9.17, 15) is 9.59 Å². The number of hydrogen-bond acceptors (Lipinski definition) is 7. The van der Waals surface area contributed by atoms with Crippen molar-refractivity contribution in [3.8, 4) is 34.0 Å². The van der Waals surface area contributed by atoms with E-state index in [1.165, 1.54) is 6.07 Å². The molecule has 0 saturated carbocycles. The number of carbonyl (C=O) groups excluding carboxylic acids is 2. The maximum Gasteiger partial charge on any atom is 0.231 e. The zero-order valence-corrected chi connectivity index (χ0v) is 30.6. The van der Waals surface area contributed by atoms with E-state index in [0.717, 1.165) is 63.5 Å². The molecule has 3 aliphatic rings. The predicted molar refractivity (Wildman–Crippen MR) is 198 cm³/mol. The molecule has 3 atom stereocenters. The molecule has 2 aliphatic heterocycles. The summed E-state index contributed by atoms with van der Waals surface area (Å²) < 4.78 is 28.2. The normalized spacial score (nSPS) is 19.6. The van der Waals surface area contributed by atoms with Crippen LogP contribution in [0.15, 0.2) is 65.1 Å². The lowest BCUT2D eigenvalue weighted by atomic mass is 9.93. The molecule has 2 fully saturated rings. The fourth-order valence-corrected chi connectivity index (χ4v) is 8.05. The first-order valence-corrected chi connectivity index (χ1v) is 18.5. The van der Waals surface area contributed by atoms with E-state index in [4.69, 9.17) is 26.1 Å². The van der Waals surface area contributed by atoms with E-state index in [0.29, 0.717) is 66.9 Å². The molecule has 0 bridgehead atoms. The first-order valence-electron chi connectivity index (χ1n) is 17.4. The van der Waals surface area contributed by atoms with Crippen molar-refractivity contribution in [2.75, 3.05) is 20.2 Å². The Hall–Kier alpha value is -4.03. The molecule has 12 heteroatoms. The molecule has 9 nitrogen and oxygen atoms in total. The Morgan fingerprint density at radius 2 is 1.51 bits per heavy atom. The second-order valence-corrected chi connectivity index (χ2v) is 14.5. The average Bonchev–Trinajstić information content (AvgIpc) is 3.86. The number of nitrogens with one attached hydrogen (secondary N) is 4. The minimum Gasteiger partial charge on any atom is -0.481 e. The zero-order valence-electron chi connectivity index (χ0n) is 28.3. The molecule has 266 valence electrons. The van der Waals surface area contributed by atoms with Crippen molar-refractivity contribution in [3.05, 3.63) is 98.2 Å². The number of carbonyl (C=O) groups is 2. The lowest BCUT2D eigenvalue weighted by molar-refractivity contribution is -0.120. The fraction of sp³-hybridized carbons (Fsp3) is 0.359. The third-order valence-electron chi connectivity index (χ3n) is 9.88. The van der Waals surface area contributed by atoms with Crippen molar-refractivity contribution in [3.63, 3.8) is 0 Å². The lowest BCUT2D eigenvalue weighted by Crippen LogP contribution is -2.35. The maximum absolute atomic E-state index is 15.3. The van der Waals surface area contributed by atoms with Gasteiger partial charge >= 0.3 is 0 Å². The van der Waals surface area contributed by atoms with Gasteiger partial charge in [-0.3, -0.25) is 9.59 Å². The van der Waals surface area contributed by atoms with Crippen LogP contribution in [0.2, 0.25) is 5.02 Å². The number of ether oxygens (including phenoxy) is 2. The van der Waals surface area contributed by atoms with Gasteiger partial charge in [-0.15, -0.1) is 0 Å². The molecule has 1 aromatic heterocycles. The van der Waals surface area contributed by atoms with E-state index in [2.05, 4.69) is 49.3 Å². The van der Waals surface area contributed by atoms with Crippen LogP contribution in [0.5, 0.6) is 11.8 Å². The van der Waals surface area contributed by atoms with E-state index in [1.807, 2.05) is 36.4 Å². The molecule has 51 heavy (non-hydrogen) atoms. The van der Waals surface area contributed by atoms with Crippen LogP contribution in [0.4, 0.5) is 4.39 Å². The first kappa shape index (κ1) is 35.4. The number of halogens is 3. The lowest BCUT2D eigenvalue weighted by Gasteiger charge is -2.19. The minimum absolute atomic E-state index is 0.0663. The van der Waals surface area contributed by atoms with E-state index in [-0.39, 0.29) is 35.8 Å². The van der Waals surface area contributed by atoms with Crippen molar-refractivity contribution in [2.24, 2.45) is 0 Å². The molecule has 3 heterocycles. The van der Waals surface area contributed by atoms with Gasteiger partial charge in [0.2, 0.25) is 23.6 Å². The maximum atomic E-state index is 15.3. The summed E-state index contributed by atoms with van der Waals surface area (Å²) in [6, 6.07) is 19.5. The van der Waals surface area contributed by atoms with E-state index in [1.54, 1.807) is 13.2 Å². The zero-order chi connectivity index (χ0) is 35.5. The summed E-state index contributed by atoms with van der Waals surface area (Å²) >= 11 is 10.8. The Morgan fingerprint density at radius 3 is 2.18 bits per heavy atom. The molecule has 2 saturated heterocycles. The van der Waals surface area contributed by atoms with Gasteiger partial charge in [-0.25, -0.2) is 4.39 Å². The number of amides is 2. The van der Waals surface area contributed by atoms with Gasteiger partial charge in [0.25, 0.3) is 0 Å². The fourth-order valence-electron chi connectivity index (χ4n) is 7.25. The molecule has 3 aromatic carbocycles. The molecule has 1 aliphatic carbocycles. The SMILES string of the molecule is COc1nc(O[C@H]2CCc3c(-c4cccc(-c5ccc(CNC[C@@H]6CCC(=O)N6)c(F)c5)c4Cl)cccc32)c(Br)cc1CNC[C@@H]1CCC(=O)N1. The highest BCUT2D eigenvalue weighted by atomic mass is 79.9. The topological polar surface area (TPSA) is 114 Å². The first-order chi connectivity index (χ1) is 24.8. The average molecular weight is 777 g/mol. The summed E-state index contributed by atoms with van der Waals surface area (Å²) in [5, 5.41) is 13.1. The summed E-state index contributed by atoms with van der Waals surface area (Å²) in [4.78, 5) is 27.7. The highest BCUT2D eigenvalue weighted by Gasteiger charge is 2.29. The number of nitrogens with zero attached hydrogens (tertiary/aromatic N) is 1. The molecular weight excluding hydrogens is 737 g/mol. The van der Waals surface area contributed by atoms with Gasteiger partial charge in [0.15, 0.2) is 0 Å². The number of methoxy groups -OCH3 is 1. The highest BCUT2D eigenvalue weighted by molar-refractivity contribution is 9.10. The number of aromatic nitrogens is 1. The smallest absolute Gasteiger partial charge is 0.231 e. The minimum atomic E-state index is -0.308. The monoisotopic (exact) mass is 775 g/mol. The number of pyridine rings is 1. The number of benzene rings is 3. The van der Waals surface area contributed by atoms with Crippen molar-refractivity contribution < 1.29 is 23.5 Å². The Kier molecular flexibility index (Phi) is 10.9. The highest BCUT2D eigenvalue weighted by Crippen LogP contribution is 2.44. The molecule has 2 amide bonds. The van der Waals surface area contributed by atoms with Crippen LogP contribution >= 0.6 is 27.5 Å². The second kappa shape index (κ2) is 15.7. The van der Waals surface area contributed by atoms with E-state index < -0.39 is 0 Å². The Balaban J connectivity index is 1.05. The summed E-state index contributed by atoms with van der Waals surface area (Å²) in [5.41, 5.74) is 7.04. The summed E-state index contributed by atoms with van der Waals surface area (Å²) in [7, 11) is 1.59. The Morgan fingerprint density at radius 1 is 0.843 bits per heavy atom. The van der Waals surface area contributed by atoms with Crippen LogP contribution in [0, 0.1) is 5.82 Å². The van der Waals surface area contributed by atoms with Crippen LogP contribution in [-0.2, 0) is 29.1 Å². The van der Waals surface area contributed by atoms with Gasteiger partial charge in [0, 0.05) is 73.4 Å². The van der Waals surface area contributed by atoms with Crippen molar-refractivity contribution in [1.29, 1.82) is 0 Å². The summed E-state index contributed by atoms with van der Waals surface area (Å²) in [5.74, 6) is 0.785. The molecular formula is C39H40BrClFN5O4. The molecule has 0 unspecified atom stereocenters. The van der Waals surface area contributed by atoms with Crippen molar-refractivity contribution in [1.82, 2.24) is 26.3 Å². The molecule has 4 aromatic rings. The molecule has 0 spiro atoms. The molecule has 4 N–H and O–H groups in total. The van der Waals surface area contributed by atoms with Crippen molar-refractivity contribution in [2.45, 2.75) is 69.8 Å². The van der Waals surface area contributed by atoms with E-state index >= 15 is 4.39 Å². The number of fused-ring (bicyclic) bond motifs is 1. The number of hydrogen-bond donors (Lipinski definition) is 4. The van der Waals surface area contributed by atoms with Crippen LogP contribution < -0.4 is 30.7 Å². The van der Waals surface area contributed by atoms with Crippen LogP contribution in [-0.4, -0.2) is 49.1 Å². The predicted octanol–water partition coefficient (Wildman–Crippen LogP) is 6.78. The molecule has 7 rings (SSSR count). The van der Waals surface area contributed by atoms with Gasteiger partial charge in [-0.1, -0.05) is 60.1 Å². The van der Waals surface area contributed by atoms with Gasteiger partial charge in [0.05, 0.1) is 16.6 Å².